The summed E-state index contributed by atoms with van der Waals surface area (Å²) in [4.78, 5) is 38.2. The molecule has 1 saturated heterocycles. The highest BCUT2D eigenvalue weighted by Gasteiger charge is 2.34. The second kappa shape index (κ2) is 8.56. The van der Waals surface area contributed by atoms with Gasteiger partial charge in [0.15, 0.2) is 0 Å². The lowest BCUT2D eigenvalue weighted by atomic mass is 9.94. The Balaban J connectivity index is 1.54. The highest BCUT2D eigenvalue weighted by atomic mass is 35.5. The van der Waals surface area contributed by atoms with Gasteiger partial charge in [-0.25, -0.2) is 0 Å². The molecule has 136 valence electrons. The molecule has 1 heterocycles. The van der Waals surface area contributed by atoms with Crippen molar-refractivity contribution in [3.05, 3.63) is 51.9 Å². The number of rotatable bonds is 5. The van der Waals surface area contributed by atoms with Crippen molar-refractivity contribution in [3.63, 3.8) is 0 Å². The lowest BCUT2D eigenvalue weighted by Crippen LogP contribution is -2.39. The Morgan fingerprint density at radius 3 is 2.73 bits per heavy atom. The number of amides is 3. The third-order valence-electron chi connectivity index (χ3n) is 4.32. The molecule has 3 amide bonds. The Bertz CT molecular complexity index is 773. The molecule has 3 rings (SSSR count). The summed E-state index contributed by atoms with van der Waals surface area (Å²) >= 11 is 6.76. The van der Waals surface area contributed by atoms with Crippen LogP contribution in [-0.4, -0.2) is 35.0 Å². The third kappa shape index (κ3) is 4.56. The van der Waals surface area contributed by atoms with E-state index in [9.17, 15) is 14.4 Å². The van der Waals surface area contributed by atoms with Gasteiger partial charge >= 0.3 is 0 Å². The first-order valence-corrected chi connectivity index (χ1v) is 9.67. The van der Waals surface area contributed by atoms with Gasteiger partial charge in [0.2, 0.25) is 5.91 Å². The molecule has 1 aliphatic heterocycles. The van der Waals surface area contributed by atoms with Crippen molar-refractivity contribution in [2.75, 3.05) is 13.1 Å². The minimum absolute atomic E-state index is 0.0142. The van der Waals surface area contributed by atoms with E-state index in [0.717, 1.165) is 36.6 Å². The molecule has 5 nitrogen and oxygen atoms in total. The summed E-state index contributed by atoms with van der Waals surface area (Å²) in [6, 6.07) is 7.03. The standard InChI is InChI=1S/C19H19ClN2O3S/c20-15-8-6-13(7-9-15)12-16-18(24)22(19(25)26-16)11-10-21-17(23)14-4-2-1-3-5-14/h1-2,6-9,12,14H,3-5,10-11H2,(H,21,23). The van der Waals surface area contributed by atoms with Crippen molar-refractivity contribution in [2.45, 2.75) is 19.3 Å². The van der Waals surface area contributed by atoms with Crippen molar-refractivity contribution in [1.82, 2.24) is 10.2 Å². The molecule has 0 saturated carbocycles. The number of benzene rings is 1. The van der Waals surface area contributed by atoms with Crippen LogP contribution in [0, 0.1) is 5.92 Å². The van der Waals surface area contributed by atoms with Crippen LogP contribution in [0.4, 0.5) is 4.79 Å². The Morgan fingerprint density at radius 2 is 2.04 bits per heavy atom. The molecular weight excluding hydrogens is 372 g/mol. The Labute approximate surface area is 161 Å². The van der Waals surface area contributed by atoms with Gasteiger partial charge in [0.05, 0.1) is 4.91 Å². The Morgan fingerprint density at radius 1 is 1.27 bits per heavy atom. The molecule has 0 radical (unpaired) electrons. The van der Waals surface area contributed by atoms with Crippen molar-refractivity contribution in [2.24, 2.45) is 5.92 Å². The molecule has 2 aliphatic rings. The zero-order valence-electron chi connectivity index (χ0n) is 14.1. The summed E-state index contributed by atoms with van der Waals surface area (Å²) in [7, 11) is 0. The number of nitrogens with zero attached hydrogens (tertiary/aromatic N) is 1. The number of thioether (sulfide) groups is 1. The predicted molar refractivity (Wildman–Crippen MR) is 104 cm³/mol. The first-order valence-electron chi connectivity index (χ1n) is 8.48. The molecule has 1 aromatic rings. The van der Waals surface area contributed by atoms with Gasteiger partial charge < -0.3 is 5.32 Å². The van der Waals surface area contributed by atoms with Gasteiger partial charge in [0, 0.05) is 24.0 Å². The normalized spacial score (nSPS) is 21.5. The van der Waals surface area contributed by atoms with Crippen LogP contribution in [0.3, 0.4) is 0 Å². The zero-order valence-corrected chi connectivity index (χ0v) is 15.7. The number of hydrogen-bond acceptors (Lipinski definition) is 4. The second-order valence-electron chi connectivity index (χ2n) is 6.16. The van der Waals surface area contributed by atoms with E-state index < -0.39 is 0 Å². The summed E-state index contributed by atoms with van der Waals surface area (Å²) in [6.07, 6.45) is 8.28. The summed E-state index contributed by atoms with van der Waals surface area (Å²) < 4.78 is 0. The quantitative estimate of drug-likeness (QED) is 0.612. The maximum absolute atomic E-state index is 12.4. The van der Waals surface area contributed by atoms with E-state index in [-0.39, 0.29) is 36.1 Å². The minimum Gasteiger partial charge on any atom is -0.354 e. The molecule has 26 heavy (non-hydrogen) atoms. The Kier molecular flexibility index (Phi) is 6.16. The maximum Gasteiger partial charge on any atom is 0.293 e. The van der Waals surface area contributed by atoms with Crippen LogP contribution in [0.15, 0.2) is 41.3 Å². The second-order valence-corrected chi connectivity index (χ2v) is 7.59. The van der Waals surface area contributed by atoms with Gasteiger partial charge in [-0.05, 0) is 54.8 Å². The van der Waals surface area contributed by atoms with Gasteiger partial charge in [-0.2, -0.15) is 0 Å². The number of carbonyl (C=O) groups is 3. The van der Waals surface area contributed by atoms with E-state index >= 15 is 0 Å². The molecule has 1 fully saturated rings. The van der Waals surface area contributed by atoms with E-state index in [1.54, 1.807) is 30.3 Å². The molecule has 0 spiro atoms. The number of carbonyl (C=O) groups excluding carboxylic acids is 3. The van der Waals surface area contributed by atoms with Gasteiger partial charge in [0.25, 0.3) is 11.1 Å². The fourth-order valence-corrected chi connectivity index (χ4v) is 3.86. The van der Waals surface area contributed by atoms with E-state index in [4.69, 9.17) is 11.6 Å². The van der Waals surface area contributed by atoms with Crippen LogP contribution >= 0.6 is 23.4 Å². The molecule has 0 aromatic heterocycles. The van der Waals surface area contributed by atoms with Crippen molar-refractivity contribution >= 4 is 46.5 Å². The van der Waals surface area contributed by atoms with Gasteiger partial charge in [-0.3, -0.25) is 19.3 Å². The molecule has 1 unspecified atom stereocenters. The molecule has 0 bridgehead atoms. The van der Waals surface area contributed by atoms with Crippen LogP contribution in [0.1, 0.15) is 24.8 Å². The number of halogens is 1. The summed E-state index contributed by atoms with van der Waals surface area (Å²) in [5.41, 5.74) is 0.804. The largest absolute Gasteiger partial charge is 0.354 e. The topological polar surface area (TPSA) is 66.5 Å². The zero-order chi connectivity index (χ0) is 18.5. The molecular formula is C19H19ClN2O3S. The van der Waals surface area contributed by atoms with Crippen molar-refractivity contribution < 1.29 is 14.4 Å². The smallest absolute Gasteiger partial charge is 0.293 e. The summed E-state index contributed by atoms with van der Waals surface area (Å²) in [6.45, 7) is 0.447. The summed E-state index contributed by atoms with van der Waals surface area (Å²) in [5, 5.41) is 3.12. The number of nitrogens with one attached hydrogen (secondary N) is 1. The fraction of sp³-hybridized carbons (Fsp3) is 0.316. The lowest BCUT2D eigenvalue weighted by Gasteiger charge is -2.18. The van der Waals surface area contributed by atoms with Crippen molar-refractivity contribution in [1.29, 1.82) is 0 Å². The average molecular weight is 391 g/mol. The predicted octanol–water partition coefficient (Wildman–Crippen LogP) is 3.85. The molecule has 7 heteroatoms. The van der Waals surface area contributed by atoms with Crippen LogP contribution in [0.25, 0.3) is 6.08 Å². The first-order chi connectivity index (χ1) is 12.5. The van der Waals surface area contributed by atoms with Crippen LogP contribution < -0.4 is 5.32 Å². The monoisotopic (exact) mass is 390 g/mol. The Hall–Kier alpha value is -2.05. The maximum atomic E-state index is 12.4. The molecule has 1 N–H and O–H groups in total. The van der Waals surface area contributed by atoms with Gasteiger partial charge in [-0.1, -0.05) is 35.9 Å². The first kappa shape index (κ1) is 18.7. The fourth-order valence-electron chi connectivity index (χ4n) is 2.87. The van der Waals surface area contributed by atoms with Crippen LogP contribution in [-0.2, 0) is 9.59 Å². The van der Waals surface area contributed by atoms with E-state index in [1.165, 1.54) is 4.90 Å². The van der Waals surface area contributed by atoms with Crippen LogP contribution in [0.5, 0.6) is 0 Å². The average Bonchev–Trinajstić information content (AvgIpc) is 2.91. The molecule has 1 atom stereocenters. The molecule has 1 aliphatic carbocycles. The minimum atomic E-state index is -0.329. The van der Waals surface area contributed by atoms with Crippen LogP contribution in [0.2, 0.25) is 5.02 Å². The SMILES string of the molecule is O=C(NCCN1C(=O)SC(=Cc2ccc(Cl)cc2)C1=O)C1CC=CCC1. The number of imide groups is 1. The molecule has 1 aromatic carbocycles. The number of hydrogen-bond donors (Lipinski definition) is 1. The lowest BCUT2D eigenvalue weighted by molar-refractivity contribution is -0.126. The highest BCUT2D eigenvalue weighted by Crippen LogP contribution is 2.32. The number of allylic oxidation sites excluding steroid dienone is 2. The van der Waals surface area contributed by atoms with E-state index in [0.29, 0.717) is 9.93 Å². The summed E-state index contributed by atoms with van der Waals surface area (Å²) in [5.74, 6) is -0.359. The van der Waals surface area contributed by atoms with Gasteiger partial charge in [-0.15, -0.1) is 0 Å². The highest BCUT2D eigenvalue weighted by molar-refractivity contribution is 8.18. The third-order valence-corrected chi connectivity index (χ3v) is 5.48. The van der Waals surface area contributed by atoms with E-state index in [2.05, 4.69) is 11.4 Å². The van der Waals surface area contributed by atoms with Gasteiger partial charge in [0.1, 0.15) is 0 Å². The van der Waals surface area contributed by atoms with E-state index in [1.807, 2.05) is 6.08 Å². The van der Waals surface area contributed by atoms with Crippen molar-refractivity contribution in [3.8, 4) is 0 Å².